The van der Waals surface area contributed by atoms with Crippen molar-refractivity contribution in [3.05, 3.63) is 57.5 Å². The fourth-order valence-corrected chi connectivity index (χ4v) is 2.78. The summed E-state index contributed by atoms with van der Waals surface area (Å²) in [7, 11) is 0. The molecule has 0 aromatic carbocycles. The molecule has 0 atom stereocenters. The molecule has 8 heteroatoms. The van der Waals surface area contributed by atoms with Gasteiger partial charge in [-0.05, 0) is 54.9 Å². The van der Waals surface area contributed by atoms with Crippen LogP contribution in [0.3, 0.4) is 0 Å². The van der Waals surface area contributed by atoms with Crippen LogP contribution < -0.4 is 5.32 Å². The Morgan fingerprint density at radius 2 is 2.08 bits per heavy atom. The Balaban J connectivity index is 1.62. The predicted molar refractivity (Wildman–Crippen MR) is 96.3 cm³/mol. The van der Waals surface area contributed by atoms with Gasteiger partial charge in [0.05, 0.1) is 34.6 Å². The number of aryl methyl sites for hydroxylation is 2. The number of hydrogen-bond donors (Lipinski definition) is 1. The summed E-state index contributed by atoms with van der Waals surface area (Å²) < 4.78 is 10.3. The highest BCUT2D eigenvalue weighted by molar-refractivity contribution is 9.10. The van der Waals surface area contributed by atoms with Crippen molar-refractivity contribution in [1.82, 2.24) is 24.9 Å². The van der Waals surface area contributed by atoms with E-state index in [9.17, 15) is 4.79 Å². The van der Waals surface area contributed by atoms with Gasteiger partial charge < -0.3 is 9.73 Å². The standard InChI is InChI=1S/C17H20BrN5O2/c1-4-22-8-7-13(21-22)9-19-17(24)15-6-5-14(25-15)10-23-12(3)16(18)11(2)20-23/h5-8H,4,9-10H2,1-3H3,(H,19,24). The molecule has 25 heavy (non-hydrogen) atoms. The molecule has 0 aliphatic carbocycles. The van der Waals surface area contributed by atoms with Gasteiger partial charge in [0.25, 0.3) is 5.91 Å². The highest BCUT2D eigenvalue weighted by Crippen LogP contribution is 2.21. The van der Waals surface area contributed by atoms with Crippen LogP contribution in [0.25, 0.3) is 0 Å². The minimum Gasteiger partial charge on any atom is -0.454 e. The molecule has 1 amide bonds. The zero-order chi connectivity index (χ0) is 18.0. The molecular formula is C17H20BrN5O2. The lowest BCUT2D eigenvalue weighted by Gasteiger charge is -2.02. The largest absolute Gasteiger partial charge is 0.454 e. The van der Waals surface area contributed by atoms with E-state index in [2.05, 4.69) is 31.4 Å². The number of amides is 1. The zero-order valence-electron chi connectivity index (χ0n) is 14.4. The fourth-order valence-electron chi connectivity index (χ4n) is 2.49. The Morgan fingerprint density at radius 3 is 2.72 bits per heavy atom. The lowest BCUT2D eigenvalue weighted by atomic mass is 10.3. The van der Waals surface area contributed by atoms with Crippen molar-refractivity contribution in [2.75, 3.05) is 0 Å². The average Bonchev–Trinajstić information content (AvgIpc) is 3.31. The first kappa shape index (κ1) is 17.5. The first-order valence-electron chi connectivity index (χ1n) is 8.06. The molecule has 0 aliphatic heterocycles. The average molecular weight is 406 g/mol. The van der Waals surface area contributed by atoms with E-state index < -0.39 is 0 Å². The molecule has 7 nitrogen and oxygen atoms in total. The van der Waals surface area contributed by atoms with E-state index in [0.717, 1.165) is 28.1 Å². The SMILES string of the molecule is CCn1ccc(CNC(=O)c2ccc(Cn3nc(C)c(Br)c3C)o2)n1. The second-order valence-electron chi connectivity index (χ2n) is 5.75. The van der Waals surface area contributed by atoms with Crippen LogP contribution >= 0.6 is 15.9 Å². The number of halogens is 1. The number of carbonyl (C=O) groups excluding carboxylic acids is 1. The molecule has 3 heterocycles. The van der Waals surface area contributed by atoms with E-state index in [-0.39, 0.29) is 11.7 Å². The number of rotatable bonds is 6. The minimum absolute atomic E-state index is 0.258. The van der Waals surface area contributed by atoms with Crippen molar-refractivity contribution < 1.29 is 9.21 Å². The van der Waals surface area contributed by atoms with E-state index in [4.69, 9.17) is 4.42 Å². The zero-order valence-corrected chi connectivity index (χ0v) is 16.0. The van der Waals surface area contributed by atoms with Crippen LogP contribution in [-0.2, 0) is 19.6 Å². The van der Waals surface area contributed by atoms with E-state index in [0.29, 0.717) is 18.8 Å². The maximum atomic E-state index is 12.2. The van der Waals surface area contributed by atoms with Crippen molar-refractivity contribution in [2.24, 2.45) is 0 Å². The molecule has 3 rings (SSSR count). The second kappa shape index (κ2) is 7.26. The summed E-state index contributed by atoms with van der Waals surface area (Å²) in [6.07, 6.45) is 1.89. The molecule has 0 radical (unpaired) electrons. The number of hydrogen-bond acceptors (Lipinski definition) is 4. The topological polar surface area (TPSA) is 77.9 Å². The Bertz CT molecular complexity index is 893. The van der Waals surface area contributed by atoms with Gasteiger partial charge in [-0.25, -0.2) is 0 Å². The van der Waals surface area contributed by atoms with Crippen molar-refractivity contribution in [3.8, 4) is 0 Å². The lowest BCUT2D eigenvalue weighted by Crippen LogP contribution is -2.22. The third kappa shape index (κ3) is 3.84. The van der Waals surface area contributed by atoms with E-state index in [1.54, 1.807) is 12.1 Å². The van der Waals surface area contributed by atoms with Gasteiger partial charge in [-0.15, -0.1) is 0 Å². The quantitative estimate of drug-likeness (QED) is 0.683. The van der Waals surface area contributed by atoms with E-state index in [1.807, 2.05) is 42.4 Å². The molecule has 0 unspecified atom stereocenters. The monoisotopic (exact) mass is 405 g/mol. The summed E-state index contributed by atoms with van der Waals surface area (Å²) >= 11 is 3.51. The third-order valence-electron chi connectivity index (χ3n) is 3.93. The molecule has 0 saturated heterocycles. The van der Waals surface area contributed by atoms with Gasteiger partial charge in [-0.1, -0.05) is 0 Å². The second-order valence-corrected chi connectivity index (χ2v) is 6.55. The fraction of sp³-hybridized carbons (Fsp3) is 0.353. The Kier molecular flexibility index (Phi) is 5.08. The molecule has 3 aromatic rings. The summed E-state index contributed by atoms with van der Waals surface area (Å²) in [6, 6.07) is 5.36. The van der Waals surface area contributed by atoms with Crippen LogP contribution in [0.2, 0.25) is 0 Å². The summed E-state index contributed by atoms with van der Waals surface area (Å²) in [6.45, 7) is 7.59. The summed E-state index contributed by atoms with van der Waals surface area (Å²) in [5.41, 5.74) is 2.76. The number of nitrogens with zero attached hydrogens (tertiary/aromatic N) is 4. The van der Waals surface area contributed by atoms with Crippen LogP contribution in [0.4, 0.5) is 0 Å². The number of carbonyl (C=O) groups is 1. The first-order chi connectivity index (χ1) is 12.0. The molecule has 1 N–H and O–H groups in total. The maximum Gasteiger partial charge on any atom is 0.287 e. The molecular weight excluding hydrogens is 386 g/mol. The Hall–Kier alpha value is -2.35. The Morgan fingerprint density at radius 1 is 1.28 bits per heavy atom. The smallest absolute Gasteiger partial charge is 0.287 e. The first-order valence-corrected chi connectivity index (χ1v) is 8.86. The van der Waals surface area contributed by atoms with Gasteiger partial charge in [0, 0.05) is 12.7 Å². The molecule has 132 valence electrons. The van der Waals surface area contributed by atoms with Crippen LogP contribution in [0.1, 0.15) is 40.3 Å². The van der Waals surface area contributed by atoms with Gasteiger partial charge >= 0.3 is 0 Å². The number of furan rings is 1. The summed E-state index contributed by atoms with van der Waals surface area (Å²) in [4.78, 5) is 12.2. The van der Waals surface area contributed by atoms with E-state index >= 15 is 0 Å². The van der Waals surface area contributed by atoms with Gasteiger partial charge in [0.2, 0.25) is 0 Å². The van der Waals surface area contributed by atoms with Crippen molar-refractivity contribution in [2.45, 2.75) is 40.4 Å². The summed E-state index contributed by atoms with van der Waals surface area (Å²) in [5, 5.41) is 11.6. The molecule has 0 saturated carbocycles. The number of nitrogens with one attached hydrogen (secondary N) is 1. The van der Waals surface area contributed by atoms with Crippen molar-refractivity contribution in [3.63, 3.8) is 0 Å². The van der Waals surface area contributed by atoms with Crippen LogP contribution in [-0.4, -0.2) is 25.5 Å². The summed E-state index contributed by atoms with van der Waals surface area (Å²) in [5.74, 6) is 0.705. The van der Waals surface area contributed by atoms with Crippen molar-refractivity contribution >= 4 is 21.8 Å². The molecule has 0 aliphatic rings. The Labute approximate surface area is 154 Å². The van der Waals surface area contributed by atoms with Crippen molar-refractivity contribution in [1.29, 1.82) is 0 Å². The molecule has 0 fully saturated rings. The van der Waals surface area contributed by atoms with Gasteiger partial charge in [-0.3, -0.25) is 14.2 Å². The maximum absolute atomic E-state index is 12.2. The normalized spacial score (nSPS) is 11.0. The van der Waals surface area contributed by atoms with Gasteiger partial charge in [0.15, 0.2) is 5.76 Å². The third-order valence-corrected chi connectivity index (χ3v) is 5.08. The van der Waals surface area contributed by atoms with Crippen LogP contribution in [0.15, 0.2) is 33.3 Å². The highest BCUT2D eigenvalue weighted by Gasteiger charge is 2.14. The number of aromatic nitrogens is 4. The van der Waals surface area contributed by atoms with Gasteiger partial charge in [0.1, 0.15) is 5.76 Å². The molecule has 3 aromatic heterocycles. The van der Waals surface area contributed by atoms with Gasteiger partial charge in [-0.2, -0.15) is 10.2 Å². The van der Waals surface area contributed by atoms with E-state index in [1.165, 1.54) is 0 Å². The highest BCUT2D eigenvalue weighted by atomic mass is 79.9. The predicted octanol–water partition coefficient (Wildman–Crippen LogP) is 3.05. The van der Waals surface area contributed by atoms with Crippen LogP contribution in [0.5, 0.6) is 0 Å². The lowest BCUT2D eigenvalue weighted by molar-refractivity contribution is 0.0920. The molecule has 0 bridgehead atoms. The molecule has 0 spiro atoms. The minimum atomic E-state index is -0.258. The van der Waals surface area contributed by atoms with Crippen LogP contribution in [0, 0.1) is 13.8 Å².